The summed E-state index contributed by atoms with van der Waals surface area (Å²) < 4.78 is 12.8. The maximum absolute atomic E-state index is 12.8. The van der Waals surface area contributed by atoms with Crippen molar-refractivity contribution in [2.75, 3.05) is 6.61 Å². The summed E-state index contributed by atoms with van der Waals surface area (Å²) in [5, 5.41) is 12.4. The molecule has 0 saturated carbocycles. The molecule has 2 nitrogen and oxygen atoms in total. The maximum Gasteiger partial charge on any atom is 0.124 e. The van der Waals surface area contributed by atoms with Crippen LogP contribution in [0.2, 0.25) is 5.02 Å². The molecule has 84 valence electrons. The van der Waals surface area contributed by atoms with E-state index < -0.39 is 0 Å². The van der Waals surface area contributed by atoms with E-state index in [2.05, 4.69) is 5.32 Å². The third-order valence-corrected chi connectivity index (χ3v) is 2.56. The van der Waals surface area contributed by atoms with Gasteiger partial charge in [0.25, 0.3) is 0 Å². The van der Waals surface area contributed by atoms with Gasteiger partial charge in [0.05, 0.1) is 6.61 Å². The Bertz CT molecular complexity index is 332. The standard InChI is InChI=1S/C11H15ClFNO/c1-7(6-15)14-8(2)10-4-3-9(13)5-11(10)12/h3-5,7-8,14-15H,6H2,1-2H3/t7-,8?/m0/s1. The van der Waals surface area contributed by atoms with Crippen molar-refractivity contribution in [2.45, 2.75) is 25.9 Å². The fourth-order valence-electron chi connectivity index (χ4n) is 1.42. The molecule has 1 aromatic carbocycles. The highest BCUT2D eigenvalue weighted by Gasteiger charge is 2.12. The van der Waals surface area contributed by atoms with Crippen LogP contribution in [0.1, 0.15) is 25.5 Å². The lowest BCUT2D eigenvalue weighted by molar-refractivity contribution is 0.243. The van der Waals surface area contributed by atoms with Gasteiger partial charge < -0.3 is 10.4 Å². The monoisotopic (exact) mass is 231 g/mol. The Kier molecular flexibility index (Phi) is 4.51. The molecule has 0 spiro atoms. The molecule has 0 heterocycles. The van der Waals surface area contributed by atoms with Crippen LogP contribution in [0.15, 0.2) is 18.2 Å². The van der Waals surface area contributed by atoms with E-state index in [1.807, 2.05) is 13.8 Å². The molecule has 0 aromatic heterocycles. The van der Waals surface area contributed by atoms with Gasteiger partial charge in [-0.25, -0.2) is 4.39 Å². The topological polar surface area (TPSA) is 32.3 Å². The average molecular weight is 232 g/mol. The summed E-state index contributed by atoms with van der Waals surface area (Å²) in [5.74, 6) is -0.342. The van der Waals surface area contributed by atoms with Crippen molar-refractivity contribution in [3.8, 4) is 0 Å². The molecule has 1 rings (SSSR count). The van der Waals surface area contributed by atoms with Crippen LogP contribution in [-0.2, 0) is 0 Å². The van der Waals surface area contributed by atoms with E-state index in [0.717, 1.165) is 5.56 Å². The number of hydrogen-bond donors (Lipinski definition) is 2. The largest absolute Gasteiger partial charge is 0.395 e. The second kappa shape index (κ2) is 5.45. The van der Waals surface area contributed by atoms with Crippen LogP contribution in [0.5, 0.6) is 0 Å². The van der Waals surface area contributed by atoms with Crippen LogP contribution in [0.4, 0.5) is 4.39 Å². The molecule has 0 bridgehead atoms. The summed E-state index contributed by atoms with van der Waals surface area (Å²) in [7, 11) is 0. The average Bonchev–Trinajstić information content (AvgIpc) is 2.17. The lowest BCUT2D eigenvalue weighted by Crippen LogP contribution is -2.31. The van der Waals surface area contributed by atoms with E-state index >= 15 is 0 Å². The first kappa shape index (κ1) is 12.4. The van der Waals surface area contributed by atoms with Gasteiger partial charge in [0.15, 0.2) is 0 Å². The molecular formula is C11H15ClFNO. The van der Waals surface area contributed by atoms with Crippen LogP contribution >= 0.6 is 11.6 Å². The Morgan fingerprint density at radius 2 is 2.13 bits per heavy atom. The summed E-state index contributed by atoms with van der Waals surface area (Å²) >= 11 is 5.91. The summed E-state index contributed by atoms with van der Waals surface area (Å²) in [5.41, 5.74) is 0.832. The van der Waals surface area contributed by atoms with Gasteiger partial charge in [0.2, 0.25) is 0 Å². The van der Waals surface area contributed by atoms with Crippen LogP contribution < -0.4 is 5.32 Å². The van der Waals surface area contributed by atoms with Crippen molar-refractivity contribution in [1.29, 1.82) is 0 Å². The molecule has 0 fully saturated rings. The molecule has 15 heavy (non-hydrogen) atoms. The molecule has 4 heteroatoms. The number of aliphatic hydroxyl groups excluding tert-OH is 1. The molecule has 1 aromatic rings. The predicted molar refractivity (Wildman–Crippen MR) is 59.5 cm³/mol. The Morgan fingerprint density at radius 3 is 2.67 bits per heavy atom. The van der Waals surface area contributed by atoms with Crippen molar-refractivity contribution in [3.05, 3.63) is 34.6 Å². The molecule has 0 saturated heterocycles. The van der Waals surface area contributed by atoms with Gasteiger partial charge in [-0.05, 0) is 31.5 Å². The number of aliphatic hydroxyl groups is 1. The summed E-state index contributed by atoms with van der Waals surface area (Å²) in [4.78, 5) is 0. The third kappa shape index (κ3) is 3.45. The number of nitrogens with one attached hydrogen (secondary N) is 1. The van der Waals surface area contributed by atoms with Crippen LogP contribution in [0.3, 0.4) is 0 Å². The highest BCUT2D eigenvalue weighted by Crippen LogP contribution is 2.23. The second-order valence-electron chi connectivity index (χ2n) is 3.64. The molecule has 0 amide bonds. The Morgan fingerprint density at radius 1 is 1.47 bits per heavy atom. The van der Waals surface area contributed by atoms with E-state index in [9.17, 15) is 4.39 Å². The Balaban J connectivity index is 2.77. The van der Waals surface area contributed by atoms with Gasteiger partial charge in [-0.1, -0.05) is 17.7 Å². The van der Waals surface area contributed by atoms with Gasteiger partial charge in [0.1, 0.15) is 5.82 Å². The van der Waals surface area contributed by atoms with E-state index in [-0.39, 0.29) is 24.5 Å². The van der Waals surface area contributed by atoms with Crippen molar-refractivity contribution in [3.63, 3.8) is 0 Å². The first-order valence-corrected chi connectivity index (χ1v) is 5.24. The van der Waals surface area contributed by atoms with Crippen LogP contribution in [0.25, 0.3) is 0 Å². The molecular weight excluding hydrogens is 217 g/mol. The molecule has 2 atom stereocenters. The SMILES string of the molecule is CC(N[C@@H](C)CO)c1ccc(F)cc1Cl. The molecule has 0 aliphatic rings. The summed E-state index contributed by atoms with van der Waals surface area (Å²) in [6, 6.07) is 4.29. The number of halogens is 2. The zero-order valence-corrected chi connectivity index (χ0v) is 9.55. The van der Waals surface area contributed by atoms with Gasteiger partial charge in [-0.15, -0.1) is 0 Å². The van der Waals surface area contributed by atoms with Crippen molar-refractivity contribution in [2.24, 2.45) is 0 Å². The number of benzene rings is 1. The smallest absolute Gasteiger partial charge is 0.124 e. The molecule has 2 N–H and O–H groups in total. The quantitative estimate of drug-likeness (QED) is 0.835. The normalized spacial score (nSPS) is 15.0. The Hall–Kier alpha value is -0.640. The minimum Gasteiger partial charge on any atom is -0.395 e. The van der Waals surface area contributed by atoms with Crippen LogP contribution in [-0.4, -0.2) is 17.8 Å². The lowest BCUT2D eigenvalue weighted by atomic mass is 10.1. The first-order valence-electron chi connectivity index (χ1n) is 4.86. The van der Waals surface area contributed by atoms with Crippen LogP contribution in [0, 0.1) is 5.82 Å². The maximum atomic E-state index is 12.8. The van der Waals surface area contributed by atoms with E-state index in [0.29, 0.717) is 5.02 Å². The van der Waals surface area contributed by atoms with Gasteiger partial charge in [0, 0.05) is 17.1 Å². The van der Waals surface area contributed by atoms with Gasteiger partial charge in [-0.3, -0.25) is 0 Å². The highest BCUT2D eigenvalue weighted by atomic mass is 35.5. The molecule has 0 aliphatic carbocycles. The second-order valence-corrected chi connectivity index (χ2v) is 4.05. The summed E-state index contributed by atoms with van der Waals surface area (Å²) in [6.07, 6.45) is 0. The van der Waals surface area contributed by atoms with Gasteiger partial charge in [-0.2, -0.15) is 0 Å². The minimum absolute atomic E-state index is 0.0129. The van der Waals surface area contributed by atoms with E-state index in [1.165, 1.54) is 12.1 Å². The van der Waals surface area contributed by atoms with Crippen molar-refractivity contribution >= 4 is 11.6 Å². The number of hydrogen-bond acceptors (Lipinski definition) is 2. The predicted octanol–water partition coefficient (Wildman–Crippen LogP) is 2.51. The van der Waals surface area contributed by atoms with E-state index in [1.54, 1.807) is 6.07 Å². The fraction of sp³-hybridized carbons (Fsp3) is 0.455. The molecule has 0 aliphatic heterocycles. The first-order chi connectivity index (χ1) is 7.04. The number of rotatable bonds is 4. The summed E-state index contributed by atoms with van der Waals surface area (Å²) in [6.45, 7) is 3.85. The van der Waals surface area contributed by atoms with Crippen molar-refractivity contribution in [1.82, 2.24) is 5.32 Å². The van der Waals surface area contributed by atoms with Gasteiger partial charge >= 0.3 is 0 Å². The zero-order valence-electron chi connectivity index (χ0n) is 8.80. The van der Waals surface area contributed by atoms with E-state index in [4.69, 9.17) is 16.7 Å². The highest BCUT2D eigenvalue weighted by molar-refractivity contribution is 6.31. The fourth-order valence-corrected chi connectivity index (χ4v) is 1.75. The third-order valence-electron chi connectivity index (χ3n) is 2.24. The molecule has 0 radical (unpaired) electrons. The molecule has 1 unspecified atom stereocenters. The minimum atomic E-state index is -0.342. The van der Waals surface area contributed by atoms with Crippen molar-refractivity contribution < 1.29 is 9.50 Å². The lowest BCUT2D eigenvalue weighted by Gasteiger charge is -2.19. The Labute approximate surface area is 94.1 Å². The zero-order chi connectivity index (χ0) is 11.4.